The third-order valence-corrected chi connectivity index (χ3v) is 4.88. The summed E-state index contributed by atoms with van der Waals surface area (Å²) >= 11 is 0. The van der Waals surface area contributed by atoms with Gasteiger partial charge in [-0.15, -0.1) is 0 Å². The average molecular weight is 365 g/mol. The molecule has 27 heavy (non-hydrogen) atoms. The van der Waals surface area contributed by atoms with Gasteiger partial charge in [-0.1, -0.05) is 12.1 Å². The zero-order valence-corrected chi connectivity index (χ0v) is 15.6. The van der Waals surface area contributed by atoms with Crippen molar-refractivity contribution in [2.45, 2.75) is 26.3 Å². The molecule has 1 unspecified atom stereocenters. The van der Waals surface area contributed by atoms with E-state index in [1.807, 2.05) is 44.2 Å². The molecular weight excluding hydrogens is 342 g/mol. The summed E-state index contributed by atoms with van der Waals surface area (Å²) in [6.45, 7) is 5.82. The van der Waals surface area contributed by atoms with Crippen molar-refractivity contribution in [3.8, 4) is 11.5 Å². The summed E-state index contributed by atoms with van der Waals surface area (Å²) in [5.41, 5.74) is 3.41. The molecule has 2 aromatic carbocycles. The zero-order valence-electron chi connectivity index (χ0n) is 15.6. The van der Waals surface area contributed by atoms with Gasteiger partial charge in [-0.2, -0.15) is 0 Å². The van der Waals surface area contributed by atoms with Crippen LogP contribution in [0, 0.1) is 0 Å². The second-order valence-corrected chi connectivity index (χ2v) is 6.52. The Labute approximate surface area is 157 Å². The molecule has 0 radical (unpaired) electrons. The van der Waals surface area contributed by atoms with Gasteiger partial charge in [-0.05, 0) is 55.7 Å². The summed E-state index contributed by atoms with van der Waals surface area (Å²) in [6.07, 6.45) is 2.45. The summed E-state index contributed by atoms with van der Waals surface area (Å²) in [4.78, 5) is 13.1. The lowest BCUT2D eigenvalue weighted by Gasteiger charge is -2.28. The van der Waals surface area contributed by atoms with E-state index in [4.69, 9.17) is 13.9 Å². The molecule has 0 saturated heterocycles. The first kappa shape index (κ1) is 17.6. The highest BCUT2D eigenvalue weighted by molar-refractivity contribution is 5.76. The first-order chi connectivity index (χ1) is 13.2. The van der Waals surface area contributed by atoms with Gasteiger partial charge >= 0.3 is 0 Å². The topological polar surface area (TPSA) is 60.7 Å². The van der Waals surface area contributed by atoms with Gasteiger partial charge in [0.05, 0.1) is 30.2 Å². The largest absolute Gasteiger partial charge is 0.490 e. The maximum atomic E-state index is 13.1. The van der Waals surface area contributed by atoms with Gasteiger partial charge in [0.25, 0.3) is 0 Å². The number of hydrogen-bond acceptors (Lipinski definition) is 5. The maximum absolute atomic E-state index is 13.1. The first-order valence-corrected chi connectivity index (χ1v) is 9.39. The van der Waals surface area contributed by atoms with Crippen LogP contribution in [0.2, 0.25) is 0 Å². The third kappa shape index (κ3) is 3.19. The monoisotopic (exact) mass is 365 g/mol. The van der Waals surface area contributed by atoms with Crippen molar-refractivity contribution in [2.75, 3.05) is 19.8 Å². The average Bonchev–Trinajstić information content (AvgIpc) is 2.69. The van der Waals surface area contributed by atoms with Crippen molar-refractivity contribution in [1.82, 2.24) is 5.32 Å². The van der Waals surface area contributed by atoms with Crippen LogP contribution in [0.5, 0.6) is 11.5 Å². The van der Waals surface area contributed by atoms with E-state index in [1.165, 1.54) is 5.56 Å². The van der Waals surface area contributed by atoms with Crippen LogP contribution in [-0.4, -0.2) is 19.8 Å². The van der Waals surface area contributed by atoms with E-state index < -0.39 is 0 Å². The molecular formula is C22H23NO4. The Balaban J connectivity index is 1.85. The van der Waals surface area contributed by atoms with Gasteiger partial charge in [-0.25, -0.2) is 0 Å². The van der Waals surface area contributed by atoms with Crippen molar-refractivity contribution in [3.63, 3.8) is 0 Å². The molecule has 0 amide bonds. The second kappa shape index (κ2) is 7.45. The van der Waals surface area contributed by atoms with Crippen molar-refractivity contribution in [2.24, 2.45) is 0 Å². The Morgan fingerprint density at radius 3 is 2.59 bits per heavy atom. The van der Waals surface area contributed by atoms with E-state index >= 15 is 0 Å². The summed E-state index contributed by atoms with van der Waals surface area (Å²) in [5, 5.41) is 4.06. The molecule has 0 bridgehead atoms. The van der Waals surface area contributed by atoms with Crippen LogP contribution in [-0.2, 0) is 6.42 Å². The molecule has 1 aromatic heterocycles. The summed E-state index contributed by atoms with van der Waals surface area (Å²) in [5.74, 6) is 1.46. The van der Waals surface area contributed by atoms with Crippen LogP contribution in [0.4, 0.5) is 0 Å². The molecule has 2 heterocycles. The van der Waals surface area contributed by atoms with Gasteiger partial charge in [0.15, 0.2) is 16.9 Å². The Bertz CT molecular complexity index is 1020. The van der Waals surface area contributed by atoms with Crippen molar-refractivity contribution < 1.29 is 13.9 Å². The first-order valence-electron chi connectivity index (χ1n) is 9.39. The minimum Gasteiger partial charge on any atom is -0.490 e. The van der Waals surface area contributed by atoms with Gasteiger partial charge in [0, 0.05) is 6.54 Å². The van der Waals surface area contributed by atoms with E-state index in [-0.39, 0.29) is 11.5 Å². The molecule has 4 rings (SSSR count). The fraction of sp³-hybridized carbons (Fsp3) is 0.318. The van der Waals surface area contributed by atoms with E-state index in [9.17, 15) is 4.79 Å². The number of rotatable bonds is 5. The summed E-state index contributed by atoms with van der Waals surface area (Å²) in [7, 11) is 0. The van der Waals surface area contributed by atoms with E-state index in [2.05, 4.69) is 5.32 Å². The molecule has 140 valence electrons. The lowest BCUT2D eigenvalue weighted by molar-refractivity contribution is 0.286. The number of para-hydroxylation sites is 1. The highest BCUT2D eigenvalue weighted by Crippen LogP contribution is 2.37. The Hall–Kier alpha value is -2.79. The molecule has 3 aromatic rings. The minimum absolute atomic E-state index is 0.00551. The molecule has 1 aliphatic rings. The SMILES string of the molecule is CCOc1cc2c(cc1OCC)C(c1coc3ccccc3c1=O)NCC2. The highest BCUT2D eigenvalue weighted by Gasteiger charge is 2.27. The van der Waals surface area contributed by atoms with Crippen LogP contribution in [0.25, 0.3) is 11.0 Å². The summed E-state index contributed by atoms with van der Waals surface area (Å²) in [6, 6.07) is 11.1. The summed E-state index contributed by atoms with van der Waals surface area (Å²) < 4.78 is 17.3. The van der Waals surface area contributed by atoms with Crippen molar-refractivity contribution in [1.29, 1.82) is 0 Å². The number of hydrogen-bond donors (Lipinski definition) is 1. The maximum Gasteiger partial charge on any atom is 0.197 e. The van der Waals surface area contributed by atoms with Gasteiger partial charge < -0.3 is 19.2 Å². The molecule has 0 spiro atoms. The van der Waals surface area contributed by atoms with Crippen LogP contribution < -0.4 is 20.2 Å². The number of benzene rings is 2. The molecule has 1 aliphatic heterocycles. The molecule has 0 saturated carbocycles. The standard InChI is InChI=1S/C22H23NO4/c1-3-25-19-11-14-9-10-23-21(16(14)12-20(19)26-4-2)17-13-27-18-8-6-5-7-15(18)22(17)24/h5-8,11-13,21,23H,3-4,9-10H2,1-2H3. The normalized spacial score (nSPS) is 16.1. The Morgan fingerprint density at radius 1 is 1.07 bits per heavy atom. The highest BCUT2D eigenvalue weighted by atomic mass is 16.5. The van der Waals surface area contributed by atoms with Crippen LogP contribution >= 0.6 is 0 Å². The molecule has 0 fully saturated rings. The number of fused-ring (bicyclic) bond motifs is 2. The fourth-order valence-corrected chi connectivity index (χ4v) is 3.67. The molecule has 1 N–H and O–H groups in total. The zero-order chi connectivity index (χ0) is 18.8. The van der Waals surface area contributed by atoms with E-state index in [0.717, 1.165) is 24.3 Å². The second-order valence-electron chi connectivity index (χ2n) is 6.52. The fourth-order valence-electron chi connectivity index (χ4n) is 3.67. The Kier molecular flexibility index (Phi) is 4.86. The van der Waals surface area contributed by atoms with Crippen LogP contribution in [0.15, 0.2) is 51.9 Å². The predicted octanol–water partition coefficient (Wildman–Crippen LogP) is 3.83. The predicted molar refractivity (Wildman–Crippen MR) is 105 cm³/mol. The van der Waals surface area contributed by atoms with Gasteiger partial charge in [0.2, 0.25) is 0 Å². The molecule has 5 heteroatoms. The lowest BCUT2D eigenvalue weighted by Crippen LogP contribution is -2.33. The molecule has 0 aliphatic carbocycles. The van der Waals surface area contributed by atoms with Gasteiger partial charge in [-0.3, -0.25) is 4.79 Å². The third-order valence-electron chi connectivity index (χ3n) is 4.88. The van der Waals surface area contributed by atoms with Gasteiger partial charge in [0.1, 0.15) is 11.8 Å². The Morgan fingerprint density at radius 2 is 1.81 bits per heavy atom. The van der Waals surface area contributed by atoms with Crippen molar-refractivity contribution in [3.05, 3.63) is 69.6 Å². The van der Waals surface area contributed by atoms with E-state index in [1.54, 1.807) is 12.3 Å². The minimum atomic E-state index is -0.232. The van der Waals surface area contributed by atoms with Crippen molar-refractivity contribution >= 4 is 11.0 Å². The molecule has 1 atom stereocenters. The number of ether oxygens (including phenoxy) is 2. The lowest BCUT2D eigenvalue weighted by atomic mass is 9.89. The van der Waals surface area contributed by atoms with E-state index in [0.29, 0.717) is 35.5 Å². The quantitative estimate of drug-likeness (QED) is 0.745. The van der Waals surface area contributed by atoms with Crippen LogP contribution in [0.1, 0.15) is 36.6 Å². The molecule has 5 nitrogen and oxygen atoms in total. The number of nitrogens with one attached hydrogen (secondary N) is 1. The smallest absolute Gasteiger partial charge is 0.197 e. The van der Waals surface area contributed by atoms with Crippen LogP contribution in [0.3, 0.4) is 0 Å².